The molecule has 1 aliphatic rings. The molecule has 1 aromatic heterocycles. The third-order valence-electron chi connectivity index (χ3n) is 5.58. The first-order valence-corrected chi connectivity index (χ1v) is 10.2. The van der Waals surface area contributed by atoms with Crippen molar-refractivity contribution in [2.75, 3.05) is 19.6 Å². The average molecular weight is 369 g/mol. The lowest BCUT2D eigenvalue weighted by molar-refractivity contribution is 0.0676. The number of carbonyl (C=O) groups is 1. The quantitative estimate of drug-likeness (QED) is 0.812. The molecule has 0 radical (unpaired) electrons. The number of benzene rings is 1. The molecule has 5 heteroatoms. The Kier molecular flexibility index (Phi) is 6.67. The van der Waals surface area contributed by atoms with Gasteiger partial charge in [0, 0.05) is 25.3 Å². The second kappa shape index (κ2) is 9.18. The fourth-order valence-electron chi connectivity index (χ4n) is 3.90. The summed E-state index contributed by atoms with van der Waals surface area (Å²) >= 11 is 0. The van der Waals surface area contributed by atoms with E-state index in [1.54, 1.807) is 0 Å². The Morgan fingerprint density at radius 3 is 2.70 bits per heavy atom. The number of rotatable bonds is 7. The maximum Gasteiger partial charge on any atom is 0.274 e. The summed E-state index contributed by atoms with van der Waals surface area (Å²) in [5.74, 6) is 0.0407. The van der Waals surface area contributed by atoms with Crippen LogP contribution in [0, 0.1) is 6.92 Å². The molecule has 146 valence electrons. The van der Waals surface area contributed by atoms with Gasteiger partial charge in [-0.1, -0.05) is 36.8 Å². The Hall–Kier alpha value is -2.14. The fraction of sp³-hybridized carbons (Fsp3) is 0.545. The minimum Gasteiger partial charge on any atom is -0.334 e. The summed E-state index contributed by atoms with van der Waals surface area (Å²) in [6.07, 6.45) is 6.04. The highest BCUT2D eigenvalue weighted by molar-refractivity contribution is 5.92. The molecule has 5 nitrogen and oxygen atoms in total. The maximum atomic E-state index is 13.2. The van der Waals surface area contributed by atoms with Gasteiger partial charge in [-0.2, -0.15) is 5.10 Å². The Morgan fingerprint density at radius 1 is 1.30 bits per heavy atom. The zero-order chi connectivity index (χ0) is 19.2. The van der Waals surface area contributed by atoms with Crippen molar-refractivity contribution in [2.24, 2.45) is 0 Å². The van der Waals surface area contributed by atoms with E-state index in [0.29, 0.717) is 18.3 Å². The molecule has 2 heterocycles. The van der Waals surface area contributed by atoms with Crippen molar-refractivity contribution in [1.82, 2.24) is 20.0 Å². The van der Waals surface area contributed by atoms with E-state index >= 15 is 0 Å². The molecule has 27 heavy (non-hydrogen) atoms. The smallest absolute Gasteiger partial charge is 0.274 e. The molecule has 0 aliphatic carbocycles. The van der Waals surface area contributed by atoms with Gasteiger partial charge in [-0.3, -0.25) is 9.48 Å². The first kappa shape index (κ1) is 19.6. The van der Waals surface area contributed by atoms with Gasteiger partial charge in [0.05, 0.1) is 6.04 Å². The number of carbonyl (C=O) groups excluding carboxylic acids is 1. The summed E-state index contributed by atoms with van der Waals surface area (Å²) in [6.45, 7) is 9.00. The number of amides is 1. The Bertz CT molecular complexity index is 731. The second-order valence-corrected chi connectivity index (χ2v) is 7.52. The number of nitrogens with one attached hydrogen (secondary N) is 1. The van der Waals surface area contributed by atoms with Gasteiger partial charge in [-0.25, -0.2) is 0 Å². The molecule has 1 fully saturated rings. The van der Waals surface area contributed by atoms with Gasteiger partial charge in [0.2, 0.25) is 0 Å². The van der Waals surface area contributed by atoms with E-state index in [-0.39, 0.29) is 11.9 Å². The summed E-state index contributed by atoms with van der Waals surface area (Å²) in [4.78, 5) is 15.1. The highest BCUT2D eigenvalue weighted by Crippen LogP contribution is 2.19. The number of aryl methyl sites for hydroxylation is 1. The van der Waals surface area contributed by atoms with Gasteiger partial charge in [-0.05, 0) is 57.7 Å². The molecular formula is C22H32N4O. The molecule has 1 amide bonds. The van der Waals surface area contributed by atoms with Crippen molar-refractivity contribution in [3.8, 4) is 0 Å². The largest absolute Gasteiger partial charge is 0.334 e. The van der Waals surface area contributed by atoms with Crippen LogP contribution in [0.15, 0.2) is 36.5 Å². The predicted octanol–water partition coefficient (Wildman–Crippen LogP) is 3.60. The number of hydrogen-bond donors (Lipinski definition) is 1. The van der Waals surface area contributed by atoms with Crippen LogP contribution < -0.4 is 5.32 Å². The van der Waals surface area contributed by atoms with Crippen molar-refractivity contribution < 1.29 is 4.79 Å². The lowest BCUT2D eigenvalue weighted by atomic mass is 10.0. The van der Waals surface area contributed by atoms with Gasteiger partial charge in [0.15, 0.2) is 0 Å². The second-order valence-electron chi connectivity index (χ2n) is 7.52. The zero-order valence-electron chi connectivity index (χ0n) is 16.8. The van der Waals surface area contributed by atoms with Crippen molar-refractivity contribution >= 4 is 5.91 Å². The van der Waals surface area contributed by atoms with E-state index < -0.39 is 0 Å². The number of aromatic nitrogens is 2. The highest BCUT2D eigenvalue weighted by Gasteiger charge is 2.25. The van der Waals surface area contributed by atoms with Crippen molar-refractivity contribution in [3.05, 3.63) is 53.3 Å². The summed E-state index contributed by atoms with van der Waals surface area (Å²) in [6, 6.07) is 11.0. The molecule has 1 N–H and O–H groups in total. The first-order valence-electron chi connectivity index (χ1n) is 10.2. The molecule has 2 aromatic rings. The molecule has 2 unspecified atom stereocenters. The molecule has 1 aromatic carbocycles. The van der Waals surface area contributed by atoms with Crippen LogP contribution >= 0.6 is 0 Å². The number of piperidine rings is 1. The molecule has 2 atom stereocenters. The Balaban J connectivity index is 1.71. The standard InChI is InChI=1S/C22H32N4O/c1-4-19(15-18-10-8-17(3)9-11-18)25(5-2)22(27)21-12-14-26(24-21)20-7-6-13-23-16-20/h8-12,14,19-20,23H,4-7,13,15-16H2,1-3H3. The zero-order valence-corrected chi connectivity index (χ0v) is 16.8. The molecule has 0 spiro atoms. The maximum absolute atomic E-state index is 13.2. The van der Waals surface area contributed by atoms with E-state index in [1.807, 2.05) is 21.8 Å². The van der Waals surface area contributed by atoms with E-state index in [2.05, 4.69) is 55.5 Å². The van der Waals surface area contributed by atoms with Gasteiger partial charge in [-0.15, -0.1) is 0 Å². The third-order valence-corrected chi connectivity index (χ3v) is 5.58. The van der Waals surface area contributed by atoms with Gasteiger partial charge in [0.1, 0.15) is 5.69 Å². The Morgan fingerprint density at radius 2 is 2.07 bits per heavy atom. The normalized spacial score (nSPS) is 18.3. The molecule has 1 saturated heterocycles. The Labute approximate surface area is 162 Å². The minimum atomic E-state index is 0.0407. The van der Waals surface area contributed by atoms with Crippen LogP contribution in [0.25, 0.3) is 0 Å². The van der Waals surface area contributed by atoms with E-state index in [0.717, 1.165) is 38.8 Å². The SMILES string of the molecule is CCC(Cc1ccc(C)cc1)N(CC)C(=O)c1ccn(C2CCCNC2)n1. The fourth-order valence-corrected chi connectivity index (χ4v) is 3.90. The topological polar surface area (TPSA) is 50.2 Å². The van der Waals surface area contributed by atoms with Crippen LogP contribution in [0.3, 0.4) is 0 Å². The van der Waals surface area contributed by atoms with E-state index in [4.69, 9.17) is 0 Å². The summed E-state index contributed by atoms with van der Waals surface area (Å²) < 4.78 is 1.97. The molecule has 0 saturated carbocycles. The molecular weight excluding hydrogens is 336 g/mol. The first-order chi connectivity index (χ1) is 13.1. The van der Waals surface area contributed by atoms with Crippen molar-refractivity contribution in [1.29, 1.82) is 0 Å². The van der Waals surface area contributed by atoms with E-state index in [9.17, 15) is 4.79 Å². The van der Waals surface area contributed by atoms with Crippen LogP contribution in [-0.2, 0) is 6.42 Å². The molecule has 3 rings (SSSR count). The lowest BCUT2D eigenvalue weighted by Gasteiger charge is -2.30. The predicted molar refractivity (Wildman–Crippen MR) is 109 cm³/mol. The summed E-state index contributed by atoms with van der Waals surface area (Å²) in [5, 5.41) is 8.03. The van der Waals surface area contributed by atoms with Crippen LogP contribution in [0.5, 0.6) is 0 Å². The van der Waals surface area contributed by atoms with Crippen LogP contribution in [0.2, 0.25) is 0 Å². The number of nitrogens with zero attached hydrogens (tertiary/aromatic N) is 3. The molecule has 0 bridgehead atoms. The highest BCUT2D eigenvalue weighted by atomic mass is 16.2. The van der Waals surface area contributed by atoms with E-state index in [1.165, 1.54) is 11.1 Å². The van der Waals surface area contributed by atoms with Crippen LogP contribution in [0.4, 0.5) is 0 Å². The monoisotopic (exact) mass is 368 g/mol. The van der Waals surface area contributed by atoms with Gasteiger partial charge < -0.3 is 10.2 Å². The summed E-state index contributed by atoms with van der Waals surface area (Å²) in [7, 11) is 0. The third kappa shape index (κ3) is 4.78. The number of likely N-dealkylation sites (N-methyl/N-ethyl adjacent to an activating group) is 1. The number of hydrogen-bond acceptors (Lipinski definition) is 3. The van der Waals surface area contributed by atoms with Crippen LogP contribution in [-0.4, -0.2) is 46.3 Å². The molecule has 1 aliphatic heterocycles. The minimum absolute atomic E-state index is 0.0407. The summed E-state index contributed by atoms with van der Waals surface area (Å²) in [5.41, 5.74) is 3.10. The van der Waals surface area contributed by atoms with Crippen molar-refractivity contribution in [3.63, 3.8) is 0 Å². The van der Waals surface area contributed by atoms with Gasteiger partial charge in [0.25, 0.3) is 5.91 Å². The van der Waals surface area contributed by atoms with Crippen molar-refractivity contribution in [2.45, 2.75) is 58.5 Å². The van der Waals surface area contributed by atoms with Gasteiger partial charge >= 0.3 is 0 Å². The van der Waals surface area contributed by atoms with Crippen LogP contribution in [0.1, 0.15) is 60.8 Å². The average Bonchev–Trinajstić information content (AvgIpc) is 3.20. The lowest BCUT2D eigenvalue weighted by Crippen LogP contribution is -2.41.